The largest absolute Gasteiger partial charge is 0.490 e. The van der Waals surface area contributed by atoms with E-state index in [0.717, 1.165) is 5.56 Å². The van der Waals surface area contributed by atoms with Gasteiger partial charge in [0.05, 0.1) is 43.8 Å². The van der Waals surface area contributed by atoms with Gasteiger partial charge in [0.1, 0.15) is 5.15 Å². The fourth-order valence-corrected chi connectivity index (χ4v) is 3.60. The van der Waals surface area contributed by atoms with Crippen LogP contribution in [0.2, 0.25) is 5.15 Å². The number of hydrogen-bond donors (Lipinski definition) is 1. The molecule has 1 heterocycles. The Balaban J connectivity index is 1.78. The standard InChI is InChI=1S/C25H29ClN4O4/c1-5-32-21-13-19(14-22(33-6-2)23(21)34-7-3)25(31)28-27-15-20-17(4)29-30(24(20)26)16-18-11-9-8-10-12-18/h8-15H,5-7,16H2,1-4H3,(H,28,31). The summed E-state index contributed by atoms with van der Waals surface area (Å²) in [6.07, 6.45) is 1.49. The van der Waals surface area contributed by atoms with E-state index < -0.39 is 5.91 Å². The maximum atomic E-state index is 12.8. The van der Waals surface area contributed by atoms with E-state index >= 15 is 0 Å². The van der Waals surface area contributed by atoms with Crippen LogP contribution in [0.5, 0.6) is 17.2 Å². The fourth-order valence-electron chi connectivity index (χ4n) is 3.31. The Morgan fingerprint density at radius 2 is 1.68 bits per heavy atom. The Kier molecular flexibility index (Phi) is 8.93. The summed E-state index contributed by atoms with van der Waals surface area (Å²) in [6, 6.07) is 13.1. The van der Waals surface area contributed by atoms with Crippen LogP contribution in [0.15, 0.2) is 47.6 Å². The number of carbonyl (C=O) groups is 1. The number of rotatable bonds is 11. The Morgan fingerprint density at radius 3 is 2.26 bits per heavy atom. The second-order valence-electron chi connectivity index (χ2n) is 7.23. The molecular weight excluding hydrogens is 456 g/mol. The van der Waals surface area contributed by atoms with Crippen molar-refractivity contribution < 1.29 is 19.0 Å². The van der Waals surface area contributed by atoms with Crippen molar-refractivity contribution in [3.63, 3.8) is 0 Å². The second kappa shape index (κ2) is 12.1. The third-order valence-corrected chi connectivity index (χ3v) is 5.21. The molecule has 0 radical (unpaired) electrons. The number of benzene rings is 2. The SMILES string of the molecule is CCOc1cc(C(=O)NN=Cc2c(C)nn(Cc3ccccc3)c2Cl)cc(OCC)c1OCC. The van der Waals surface area contributed by atoms with E-state index in [2.05, 4.69) is 15.6 Å². The summed E-state index contributed by atoms with van der Waals surface area (Å²) in [5.41, 5.74) is 5.28. The van der Waals surface area contributed by atoms with Crippen LogP contribution in [-0.4, -0.2) is 41.7 Å². The minimum atomic E-state index is -0.424. The summed E-state index contributed by atoms with van der Waals surface area (Å²) in [7, 11) is 0. The monoisotopic (exact) mass is 484 g/mol. The van der Waals surface area contributed by atoms with Gasteiger partial charge in [-0.2, -0.15) is 10.2 Å². The van der Waals surface area contributed by atoms with E-state index in [9.17, 15) is 4.79 Å². The van der Waals surface area contributed by atoms with Crippen molar-refractivity contribution in [1.29, 1.82) is 0 Å². The first-order chi connectivity index (χ1) is 16.5. The van der Waals surface area contributed by atoms with Crippen LogP contribution in [0, 0.1) is 6.92 Å². The van der Waals surface area contributed by atoms with E-state index in [1.54, 1.807) is 16.8 Å². The molecule has 1 aromatic heterocycles. The van der Waals surface area contributed by atoms with Gasteiger partial charge < -0.3 is 14.2 Å². The molecule has 0 fully saturated rings. The van der Waals surface area contributed by atoms with Gasteiger partial charge >= 0.3 is 0 Å². The molecule has 9 heteroatoms. The highest BCUT2D eigenvalue weighted by Gasteiger charge is 2.18. The Morgan fingerprint density at radius 1 is 1.06 bits per heavy atom. The molecule has 0 spiro atoms. The molecule has 0 aliphatic rings. The van der Waals surface area contributed by atoms with Crippen molar-refractivity contribution in [2.75, 3.05) is 19.8 Å². The zero-order valence-corrected chi connectivity index (χ0v) is 20.6. The third-order valence-electron chi connectivity index (χ3n) is 4.82. The summed E-state index contributed by atoms with van der Waals surface area (Å²) < 4.78 is 18.7. The zero-order valence-electron chi connectivity index (χ0n) is 19.8. The summed E-state index contributed by atoms with van der Waals surface area (Å²) in [6.45, 7) is 9.23. The van der Waals surface area contributed by atoms with Crippen LogP contribution in [0.3, 0.4) is 0 Å². The summed E-state index contributed by atoms with van der Waals surface area (Å²) in [4.78, 5) is 12.8. The van der Waals surface area contributed by atoms with Gasteiger partial charge in [-0.25, -0.2) is 10.1 Å². The summed E-state index contributed by atoms with van der Waals surface area (Å²) in [5, 5.41) is 9.02. The van der Waals surface area contributed by atoms with Crippen molar-refractivity contribution in [3.8, 4) is 17.2 Å². The van der Waals surface area contributed by atoms with E-state index in [0.29, 0.717) is 65.6 Å². The van der Waals surface area contributed by atoms with E-state index in [4.69, 9.17) is 25.8 Å². The van der Waals surface area contributed by atoms with Crippen LogP contribution < -0.4 is 19.6 Å². The van der Waals surface area contributed by atoms with E-state index in [-0.39, 0.29) is 0 Å². The minimum Gasteiger partial charge on any atom is -0.490 e. The predicted molar refractivity (Wildman–Crippen MR) is 133 cm³/mol. The van der Waals surface area contributed by atoms with Gasteiger partial charge in [-0.05, 0) is 45.4 Å². The highest BCUT2D eigenvalue weighted by Crippen LogP contribution is 2.39. The quantitative estimate of drug-likeness (QED) is 0.310. The molecule has 8 nitrogen and oxygen atoms in total. The van der Waals surface area contributed by atoms with Crippen molar-refractivity contribution in [3.05, 3.63) is 70.0 Å². The molecule has 0 unspecified atom stereocenters. The lowest BCUT2D eigenvalue weighted by molar-refractivity contribution is 0.0954. The number of hydrogen-bond acceptors (Lipinski definition) is 6. The molecule has 180 valence electrons. The Labute approximate surface area is 204 Å². The minimum absolute atomic E-state index is 0.329. The topological polar surface area (TPSA) is 87.0 Å². The van der Waals surface area contributed by atoms with Crippen molar-refractivity contribution in [2.45, 2.75) is 34.2 Å². The van der Waals surface area contributed by atoms with Gasteiger partial charge in [0.15, 0.2) is 11.5 Å². The van der Waals surface area contributed by atoms with Crippen molar-refractivity contribution >= 4 is 23.7 Å². The maximum Gasteiger partial charge on any atom is 0.271 e. The number of ether oxygens (including phenoxy) is 3. The van der Waals surface area contributed by atoms with Crippen molar-refractivity contribution in [2.24, 2.45) is 5.10 Å². The average Bonchev–Trinajstić information content (AvgIpc) is 3.09. The molecular formula is C25H29ClN4O4. The first kappa shape index (κ1) is 25.1. The normalized spacial score (nSPS) is 11.0. The molecule has 34 heavy (non-hydrogen) atoms. The Hall–Kier alpha value is -3.52. The number of carbonyl (C=O) groups excluding carboxylic acids is 1. The van der Waals surface area contributed by atoms with Crippen LogP contribution in [0.4, 0.5) is 0 Å². The molecule has 3 rings (SSSR count). The molecule has 1 N–H and O–H groups in total. The van der Waals surface area contributed by atoms with Crippen LogP contribution in [0.1, 0.15) is 48.0 Å². The lowest BCUT2D eigenvalue weighted by Crippen LogP contribution is -2.18. The van der Waals surface area contributed by atoms with Gasteiger partial charge in [-0.15, -0.1) is 0 Å². The fraction of sp³-hybridized carbons (Fsp3) is 0.320. The van der Waals surface area contributed by atoms with Gasteiger partial charge in [0.25, 0.3) is 5.91 Å². The third kappa shape index (κ3) is 6.08. The van der Waals surface area contributed by atoms with Crippen LogP contribution in [-0.2, 0) is 6.54 Å². The number of aromatic nitrogens is 2. The molecule has 0 atom stereocenters. The molecule has 2 aromatic carbocycles. The number of halogens is 1. The number of nitrogens with one attached hydrogen (secondary N) is 1. The van der Waals surface area contributed by atoms with Gasteiger partial charge in [-0.3, -0.25) is 4.79 Å². The molecule has 0 saturated heterocycles. The van der Waals surface area contributed by atoms with Crippen LogP contribution in [0.25, 0.3) is 0 Å². The predicted octanol–water partition coefficient (Wildman–Crippen LogP) is 4.85. The highest BCUT2D eigenvalue weighted by molar-refractivity contribution is 6.32. The van der Waals surface area contributed by atoms with Gasteiger partial charge in [0.2, 0.25) is 5.75 Å². The molecule has 0 aliphatic carbocycles. The number of hydrazone groups is 1. The smallest absolute Gasteiger partial charge is 0.271 e. The van der Waals surface area contributed by atoms with Gasteiger partial charge in [-0.1, -0.05) is 41.9 Å². The average molecular weight is 485 g/mol. The maximum absolute atomic E-state index is 12.8. The van der Waals surface area contributed by atoms with Crippen molar-refractivity contribution in [1.82, 2.24) is 15.2 Å². The van der Waals surface area contributed by atoms with E-state index in [1.807, 2.05) is 58.0 Å². The van der Waals surface area contributed by atoms with Gasteiger partial charge in [0, 0.05) is 5.56 Å². The number of amides is 1. The first-order valence-electron chi connectivity index (χ1n) is 11.1. The lowest BCUT2D eigenvalue weighted by atomic mass is 10.1. The lowest BCUT2D eigenvalue weighted by Gasteiger charge is -2.16. The first-order valence-corrected chi connectivity index (χ1v) is 11.5. The van der Waals surface area contributed by atoms with Crippen LogP contribution >= 0.6 is 11.6 Å². The number of nitrogens with zero attached hydrogens (tertiary/aromatic N) is 3. The zero-order chi connectivity index (χ0) is 24.5. The molecule has 3 aromatic rings. The highest BCUT2D eigenvalue weighted by atomic mass is 35.5. The Bertz CT molecular complexity index is 1120. The number of aryl methyl sites for hydroxylation is 1. The molecule has 1 amide bonds. The second-order valence-corrected chi connectivity index (χ2v) is 7.59. The molecule has 0 saturated carbocycles. The molecule has 0 bridgehead atoms. The summed E-state index contributed by atoms with van der Waals surface area (Å²) >= 11 is 6.52. The molecule has 0 aliphatic heterocycles. The summed E-state index contributed by atoms with van der Waals surface area (Å²) in [5.74, 6) is 0.919. The van der Waals surface area contributed by atoms with E-state index in [1.165, 1.54) is 6.21 Å².